The molecule has 0 aliphatic carbocycles. The van der Waals surface area contributed by atoms with Crippen molar-refractivity contribution < 1.29 is 0 Å². The monoisotopic (exact) mass is 265 g/mol. The van der Waals surface area contributed by atoms with Gasteiger partial charge < -0.3 is 10.6 Å². The van der Waals surface area contributed by atoms with Gasteiger partial charge in [-0.3, -0.25) is 5.41 Å². The van der Waals surface area contributed by atoms with Crippen LogP contribution in [-0.4, -0.2) is 39.6 Å². The lowest BCUT2D eigenvalue weighted by atomic mass is 10.1. The predicted octanol–water partition coefficient (Wildman–Crippen LogP) is 1.48. The Balaban J connectivity index is 2.24. The van der Waals surface area contributed by atoms with E-state index in [1.165, 1.54) is 0 Å². The fourth-order valence-corrected chi connectivity index (χ4v) is 3.10. The van der Waals surface area contributed by atoms with Gasteiger partial charge in [0.25, 0.3) is 0 Å². The van der Waals surface area contributed by atoms with Crippen LogP contribution in [0.2, 0.25) is 0 Å². The summed E-state index contributed by atoms with van der Waals surface area (Å²) >= 11 is 1.98. The Morgan fingerprint density at radius 2 is 2.28 bits per heavy atom. The summed E-state index contributed by atoms with van der Waals surface area (Å²) < 4.78 is 0.299. The second kappa shape index (κ2) is 5.14. The van der Waals surface area contributed by atoms with Gasteiger partial charge in [0.1, 0.15) is 5.84 Å². The van der Waals surface area contributed by atoms with E-state index in [0.29, 0.717) is 10.3 Å². The third-order valence-corrected chi connectivity index (χ3v) is 4.50. The molecule has 0 atom stereocenters. The summed E-state index contributed by atoms with van der Waals surface area (Å²) in [5.41, 5.74) is 6.27. The predicted molar refractivity (Wildman–Crippen MR) is 76.4 cm³/mol. The van der Waals surface area contributed by atoms with Gasteiger partial charge in [-0.25, -0.2) is 0 Å². The summed E-state index contributed by atoms with van der Waals surface area (Å²) in [6.07, 6.45) is 2.67. The van der Waals surface area contributed by atoms with Crippen molar-refractivity contribution in [1.82, 2.24) is 10.2 Å². The first-order valence-corrected chi connectivity index (χ1v) is 7.03. The number of thioether (sulfide) groups is 1. The van der Waals surface area contributed by atoms with Gasteiger partial charge in [0.2, 0.25) is 0 Å². The molecule has 0 spiro atoms. The van der Waals surface area contributed by atoms with Crippen LogP contribution in [0.3, 0.4) is 0 Å². The van der Waals surface area contributed by atoms with Gasteiger partial charge in [0, 0.05) is 23.6 Å². The summed E-state index contributed by atoms with van der Waals surface area (Å²) in [6, 6.07) is 1.76. The van der Waals surface area contributed by atoms with Crippen LogP contribution in [0.25, 0.3) is 0 Å². The van der Waals surface area contributed by atoms with Gasteiger partial charge in [-0.2, -0.15) is 16.9 Å². The SMILES string of the molecule is CC1(C)CCN(c2nnccc2C(=N)N)CCS1. The van der Waals surface area contributed by atoms with E-state index in [2.05, 4.69) is 28.9 Å². The molecule has 0 bridgehead atoms. The Bertz CT molecular complexity index is 446. The lowest BCUT2D eigenvalue weighted by molar-refractivity contribution is 0.633. The molecule has 1 fully saturated rings. The third-order valence-electron chi connectivity index (χ3n) is 3.13. The first kappa shape index (κ1) is 13.1. The van der Waals surface area contributed by atoms with Crippen LogP contribution in [0, 0.1) is 5.41 Å². The molecule has 5 nitrogen and oxygen atoms in total. The number of nitrogens with two attached hydrogens (primary N) is 1. The zero-order valence-corrected chi connectivity index (χ0v) is 11.6. The second-order valence-corrected chi connectivity index (χ2v) is 6.83. The van der Waals surface area contributed by atoms with Crippen molar-refractivity contribution in [1.29, 1.82) is 5.41 Å². The van der Waals surface area contributed by atoms with E-state index in [9.17, 15) is 0 Å². The first-order valence-electron chi connectivity index (χ1n) is 6.04. The van der Waals surface area contributed by atoms with E-state index in [4.69, 9.17) is 11.1 Å². The van der Waals surface area contributed by atoms with Crippen LogP contribution in [-0.2, 0) is 0 Å². The molecular weight excluding hydrogens is 246 g/mol. The maximum Gasteiger partial charge on any atom is 0.162 e. The second-order valence-electron chi connectivity index (χ2n) is 5.03. The molecule has 2 rings (SSSR count). The van der Waals surface area contributed by atoms with Crippen LogP contribution in [0.1, 0.15) is 25.8 Å². The largest absolute Gasteiger partial charge is 0.384 e. The standard InChI is InChI=1S/C12H19N5S/c1-12(2)4-6-17(7-8-18-12)11-9(10(13)14)3-5-15-16-11/h3,5H,4,6-8H2,1-2H3,(H3,13,14). The number of nitrogens with zero attached hydrogens (tertiary/aromatic N) is 3. The number of rotatable bonds is 2. The maximum atomic E-state index is 7.61. The fraction of sp³-hybridized carbons (Fsp3) is 0.583. The molecule has 18 heavy (non-hydrogen) atoms. The number of aromatic nitrogens is 2. The highest BCUT2D eigenvalue weighted by Crippen LogP contribution is 2.32. The Hall–Kier alpha value is -1.30. The van der Waals surface area contributed by atoms with Gasteiger partial charge in [-0.1, -0.05) is 13.8 Å². The van der Waals surface area contributed by atoms with Gasteiger partial charge >= 0.3 is 0 Å². The average Bonchev–Trinajstić information content (AvgIpc) is 2.50. The molecule has 1 saturated heterocycles. The molecule has 1 aromatic heterocycles. The minimum absolute atomic E-state index is 0.0519. The van der Waals surface area contributed by atoms with Gasteiger partial charge in [0.05, 0.1) is 11.8 Å². The molecule has 0 radical (unpaired) electrons. The molecule has 0 saturated carbocycles. The van der Waals surface area contributed by atoms with E-state index in [-0.39, 0.29) is 5.84 Å². The van der Waals surface area contributed by atoms with E-state index in [1.54, 1.807) is 12.3 Å². The molecular formula is C12H19N5S. The van der Waals surface area contributed by atoms with Gasteiger partial charge in [0.15, 0.2) is 5.82 Å². The Morgan fingerprint density at radius 3 is 3.00 bits per heavy atom. The van der Waals surface area contributed by atoms with Crippen LogP contribution >= 0.6 is 11.8 Å². The summed E-state index contributed by atoms with van der Waals surface area (Å²) in [6.45, 7) is 6.39. The molecule has 0 amide bonds. The summed E-state index contributed by atoms with van der Waals surface area (Å²) in [5.74, 6) is 1.85. The van der Waals surface area contributed by atoms with E-state index >= 15 is 0 Å². The van der Waals surface area contributed by atoms with Crippen molar-refractivity contribution in [3.8, 4) is 0 Å². The maximum absolute atomic E-state index is 7.61. The summed E-state index contributed by atoms with van der Waals surface area (Å²) in [7, 11) is 0. The normalized spacial score (nSPS) is 19.3. The summed E-state index contributed by atoms with van der Waals surface area (Å²) in [5, 5.41) is 15.7. The van der Waals surface area contributed by atoms with E-state index in [1.807, 2.05) is 11.8 Å². The van der Waals surface area contributed by atoms with Crippen molar-refractivity contribution >= 4 is 23.4 Å². The van der Waals surface area contributed by atoms with Crippen molar-refractivity contribution in [3.63, 3.8) is 0 Å². The fourth-order valence-electron chi connectivity index (χ4n) is 2.00. The highest BCUT2D eigenvalue weighted by molar-refractivity contribution is 8.00. The van der Waals surface area contributed by atoms with Crippen molar-refractivity contribution in [3.05, 3.63) is 17.8 Å². The van der Waals surface area contributed by atoms with Gasteiger partial charge in [-0.05, 0) is 12.5 Å². The third kappa shape index (κ3) is 2.93. The van der Waals surface area contributed by atoms with Crippen LogP contribution in [0.4, 0.5) is 5.82 Å². The Morgan fingerprint density at radius 1 is 1.50 bits per heavy atom. The van der Waals surface area contributed by atoms with Gasteiger partial charge in [-0.15, -0.1) is 5.10 Å². The highest BCUT2D eigenvalue weighted by atomic mass is 32.2. The number of nitrogens with one attached hydrogen (secondary N) is 1. The lowest BCUT2D eigenvalue weighted by Crippen LogP contribution is -2.30. The topological polar surface area (TPSA) is 78.9 Å². The van der Waals surface area contributed by atoms with Crippen LogP contribution < -0.4 is 10.6 Å². The number of anilines is 1. The summed E-state index contributed by atoms with van der Waals surface area (Å²) in [4.78, 5) is 2.19. The van der Waals surface area contributed by atoms with Crippen molar-refractivity contribution in [2.24, 2.45) is 5.73 Å². The van der Waals surface area contributed by atoms with Crippen LogP contribution in [0.5, 0.6) is 0 Å². The molecule has 2 heterocycles. The highest BCUT2D eigenvalue weighted by Gasteiger charge is 2.25. The molecule has 0 unspecified atom stereocenters. The Labute approximate surface area is 112 Å². The zero-order chi connectivity index (χ0) is 13.2. The minimum Gasteiger partial charge on any atom is -0.384 e. The molecule has 3 N–H and O–H groups in total. The quantitative estimate of drug-likeness (QED) is 0.625. The molecule has 1 aliphatic heterocycles. The zero-order valence-electron chi connectivity index (χ0n) is 10.8. The number of hydrogen-bond acceptors (Lipinski definition) is 5. The van der Waals surface area contributed by atoms with Crippen molar-refractivity contribution in [2.75, 3.05) is 23.7 Å². The number of nitrogen functional groups attached to an aromatic ring is 1. The van der Waals surface area contributed by atoms with Crippen molar-refractivity contribution in [2.45, 2.75) is 25.0 Å². The van der Waals surface area contributed by atoms with Crippen LogP contribution in [0.15, 0.2) is 12.3 Å². The molecule has 1 aromatic rings. The minimum atomic E-state index is 0.0519. The van der Waals surface area contributed by atoms with E-state index < -0.39 is 0 Å². The lowest BCUT2D eigenvalue weighted by Gasteiger charge is -2.24. The molecule has 0 aromatic carbocycles. The molecule has 6 heteroatoms. The Kier molecular flexibility index (Phi) is 3.75. The first-order chi connectivity index (χ1) is 8.49. The molecule has 98 valence electrons. The molecule has 1 aliphatic rings. The average molecular weight is 265 g/mol. The smallest absolute Gasteiger partial charge is 0.162 e. The number of amidine groups is 1. The number of hydrogen-bond donors (Lipinski definition) is 2. The van der Waals surface area contributed by atoms with E-state index in [0.717, 1.165) is 31.1 Å².